The van der Waals surface area contributed by atoms with Gasteiger partial charge in [-0.3, -0.25) is 0 Å². The van der Waals surface area contributed by atoms with E-state index in [2.05, 4.69) is 0 Å². The van der Waals surface area contributed by atoms with Crippen LogP contribution in [-0.4, -0.2) is 17.7 Å². The van der Waals surface area contributed by atoms with Crippen LogP contribution in [0, 0.1) is 0 Å². The Kier molecular flexibility index (Phi) is 5.23. The topological polar surface area (TPSA) is 40.5 Å². The lowest BCUT2D eigenvalue weighted by Gasteiger charge is -2.05. The van der Waals surface area contributed by atoms with E-state index in [-0.39, 0.29) is 13.1 Å². The normalized spacial score (nSPS) is 11.0. The van der Waals surface area contributed by atoms with Crippen LogP contribution in [0.4, 0.5) is 13.2 Å². The molecule has 0 aliphatic carbocycles. The number of fused-ring (bicyclic) bond motifs is 1. The molecular formula is C15H11BF3O2S. The van der Waals surface area contributed by atoms with Crippen LogP contribution in [0.3, 0.4) is 0 Å². The number of hydrogen-bond acceptors (Lipinski definition) is 3. The van der Waals surface area contributed by atoms with Crippen LogP contribution in [0.1, 0.15) is 5.56 Å². The van der Waals surface area contributed by atoms with Crippen molar-refractivity contribution in [3.05, 3.63) is 59.5 Å². The lowest BCUT2D eigenvalue weighted by molar-refractivity contribution is -0.136. The highest BCUT2D eigenvalue weighted by molar-refractivity contribution is 7.17. The maximum atomic E-state index is 12.8. The molecule has 22 heavy (non-hydrogen) atoms. The van der Waals surface area contributed by atoms with E-state index in [1.54, 1.807) is 12.1 Å². The van der Waals surface area contributed by atoms with Gasteiger partial charge in [-0.2, -0.15) is 13.2 Å². The highest BCUT2D eigenvalue weighted by Crippen LogP contribution is 2.39. The fourth-order valence-corrected chi connectivity index (χ4v) is 3.06. The molecule has 2 N–H and O–H groups in total. The molecule has 0 bridgehead atoms. The third-order valence-electron chi connectivity index (χ3n) is 2.99. The SMILES string of the molecule is FC(F)(F)c1csc2cc(-c3ccccc3)ccc12.O[B]O. The summed E-state index contributed by atoms with van der Waals surface area (Å²) in [4.78, 5) is 0. The Morgan fingerprint density at radius 1 is 0.909 bits per heavy atom. The smallest absolute Gasteiger partial charge is 0.429 e. The molecule has 3 rings (SSSR count). The van der Waals surface area contributed by atoms with Crippen molar-refractivity contribution in [2.75, 3.05) is 0 Å². The van der Waals surface area contributed by atoms with Crippen LogP contribution in [0.5, 0.6) is 0 Å². The maximum absolute atomic E-state index is 12.8. The molecule has 0 unspecified atom stereocenters. The molecule has 0 spiro atoms. The van der Waals surface area contributed by atoms with Gasteiger partial charge in [-0.25, -0.2) is 0 Å². The number of rotatable bonds is 1. The van der Waals surface area contributed by atoms with Gasteiger partial charge < -0.3 is 10.0 Å². The zero-order valence-electron chi connectivity index (χ0n) is 11.2. The number of thiophene rings is 1. The van der Waals surface area contributed by atoms with E-state index in [4.69, 9.17) is 10.0 Å². The van der Waals surface area contributed by atoms with Crippen LogP contribution in [0.15, 0.2) is 53.9 Å². The van der Waals surface area contributed by atoms with Crippen molar-refractivity contribution in [2.24, 2.45) is 0 Å². The number of halogens is 3. The first kappa shape index (κ1) is 16.5. The summed E-state index contributed by atoms with van der Waals surface area (Å²) < 4.78 is 39.0. The molecule has 113 valence electrons. The molecule has 0 saturated carbocycles. The summed E-state index contributed by atoms with van der Waals surface area (Å²) in [5.41, 5.74) is 1.39. The first-order chi connectivity index (χ1) is 10.5. The molecule has 1 radical (unpaired) electrons. The Labute approximate surface area is 129 Å². The van der Waals surface area contributed by atoms with Crippen molar-refractivity contribution in [3.63, 3.8) is 0 Å². The van der Waals surface area contributed by atoms with Crippen molar-refractivity contribution in [3.8, 4) is 11.1 Å². The van der Waals surface area contributed by atoms with Crippen molar-refractivity contribution in [1.29, 1.82) is 0 Å². The van der Waals surface area contributed by atoms with Gasteiger partial charge in [0.15, 0.2) is 0 Å². The maximum Gasteiger partial charge on any atom is 0.482 e. The molecule has 0 atom stereocenters. The average Bonchev–Trinajstić information content (AvgIpc) is 2.92. The summed E-state index contributed by atoms with van der Waals surface area (Å²) >= 11 is 1.13. The van der Waals surface area contributed by atoms with E-state index in [1.165, 1.54) is 5.38 Å². The first-order valence-electron chi connectivity index (χ1n) is 6.21. The fourth-order valence-electron chi connectivity index (χ4n) is 2.06. The second-order valence-electron chi connectivity index (χ2n) is 4.34. The van der Waals surface area contributed by atoms with Crippen LogP contribution in [0.25, 0.3) is 21.2 Å². The molecule has 1 aromatic heterocycles. The van der Waals surface area contributed by atoms with Gasteiger partial charge in [-0.05, 0) is 17.2 Å². The van der Waals surface area contributed by atoms with Crippen LogP contribution in [0.2, 0.25) is 0 Å². The minimum absolute atomic E-state index is 0. The van der Waals surface area contributed by atoms with E-state index >= 15 is 0 Å². The van der Waals surface area contributed by atoms with Gasteiger partial charge in [0.2, 0.25) is 0 Å². The molecule has 2 aromatic carbocycles. The zero-order chi connectivity index (χ0) is 16.2. The molecule has 2 nitrogen and oxygen atoms in total. The number of alkyl halides is 3. The second kappa shape index (κ2) is 6.96. The Morgan fingerprint density at radius 2 is 1.55 bits per heavy atom. The molecule has 0 aliphatic heterocycles. The Morgan fingerprint density at radius 3 is 2.14 bits per heavy atom. The van der Waals surface area contributed by atoms with Gasteiger partial charge in [0.1, 0.15) is 0 Å². The van der Waals surface area contributed by atoms with Gasteiger partial charge in [0, 0.05) is 15.5 Å². The Bertz CT molecular complexity index is 741. The highest BCUT2D eigenvalue weighted by Gasteiger charge is 2.33. The Balaban J connectivity index is 0.000000545. The monoisotopic (exact) mass is 323 g/mol. The molecule has 0 amide bonds. The summed E-state index contributed by atoms with van der Waals surface area (Å²) in [5.74, 6) is 0. The summed E-state index contributed by atoms with van der Waals surface area (Å²) in [6, 6.07) is 14.7. The van der Waals surface area contributed by atoms with Gasteiger partial charge in [0.05, 0.1) is 5.56 Å². The molecule has 0 fully saturated rings. The van der Waals surface area contributed by atoms with Crippen molar-refractivity contribution >= 4 is 29.1 Å². The number of benzene rings is 2. The minimum Gasteiger partial charge on any atom is -0.429 e. The minimum atomic E-state index is -4.29. The lowest BCUT2D eigenvalue weighted by Crippen LogP contribution is -2.02. The molecule has 3 aromatic rings. The average molecular weight is 323 g/mol. The van der Waals surface area contributed by atoms with Gasteiger partial charge in [0.25, 0.3) is 0 Å². The molecule has 7 heteroatoms. The predicted octanol–water partition coefficient (Wildman–Crippen LogP) is 4.09. The first-order valence-corrected chi connectivity index (χ1v) is 7.09. The highest BCUT2D eigenvalue weighted by atomic mass is 32.1. The van der Waals surface area contributed by atoms with Gasteiger partial charge in [-0.1, -0.05) is 42.5 Å². The lowest BCUT2D eigenvalue weighted by atomic mass is 10.0. The summed E-state index contributed by atoms with van der Waals surface area (Å²) in [5, 5.41) is 15.5. The largest absolute Gasteiger partial charge is 0.482 e. The van der Waals surface area contributed by atoms with Gasteiger partial charge in [-0.15, -0.1) is 11.3 Å². The summed E-state index contributed by atoms with van der Waals surface area (Å²) in [7, 11) is 0. The van der Waals surface area contributed by atoms with Crippen LogP contribution in [-0.2, 0) is 6.18 Å². The van der Waals surface area contributed by atoms with Crippen LogP contribution < -0.4 is 0 Å². The van der Waals surface area contributed by atoms with E-state index in [9.17, 15) is 13.2 Å². The standard InChI is InChI=1S/C15H9F3S.BH2O2/c16-15(17,18)13-9-19-14-8-11(6-7-12(13)14)10-4-2-1-3-5-10;2-1-3/h1-9H;2-3H. The van der Waals surface area contributed by atoms with Gasteiger partial charge >= 0.3 is 13.9 Å². The third kappa shape index (κ3) is 3.68. The quantitative estimate of drug-likeness (QED) is 0.662. The van der Waals surface area contributed by atoms with E-state index < -0.39 is 11.7 Å². The second-order valence-corrected chi connectivity index (χ2v) is 5.25. The number of hydrogen-bond donors (Lipinski definition) is 2. The molecular weight excluding hydrogens is 312 g/mol. The fraction of sp³-hybridized carbons (Fsp3) is 0.0667. The van der Waals surface area contributed by atoms with E-state index in [0.29, 0.717) is 4.70 Å². The van der Waals surface area contributed by atoms with E-state index in [0.717, 1.165) is 22.5 Å². The predicted molar refractivity (Wildman–Crippen MR) is 82.5 cm³/mol. The molecule has 1 heterocycles. The molecule has 0 aliphatic rings. The van der Waals surface area contributed by atoms with Crippen LogP contribution >= 0.6 is 11.3 Å². The zero-order valence-corrected chi connectivity index (χ0v) is 12.0. The summed E-state index contributed by atoms with van der Waals surface area (Å²) in [6.45, 7) is 0. The molecule has 0 saturated heterocycles. The van der Waals surface area contributed by atoms with Crippen molar-refractivity contribution < 1.29 is 23.2 Å². The Hall–Kier alpha value is -1.83. The van der Waals surface area contributed by atoms with Crippen molar-refractivity contribution in [1.82, 2.24) is 0 Å². The summed E-state index contributed by atoms with van der Waals surface area (Å²) in [6.07, 6.45) is -4.29. The third-order valence-corrected chi connectivity index (χ3v) is 3.93. The van der Waals surface area contributed by atoms with Crippen molar-refractivity contribution in [2.45, 2.75) is 6.18 Å². The van der Waals surface area contributed by atoms with E-state index in [1.807, 2.05) is 36.4 Å².